The van der Waals surface area contributed by atoms with E-state index in [1.807, 2.05) is 6.07 Å². The molecule has 2 N–H and O–H groups in total. The number of carbonyl (C=O) groups excluding carboxylic acids is 1. The fraction of sp³-hybridized carbons (Fsp3) is 0.263. The van der Waals surface area contributed by atoms with E-state index in [1.54, 1.807) is 24.3 Å². The molecule has 8 heteroatoms. The van der Waals surface area contributed by atoms with E-state index in [0.717, 1.165) is 11.6 Å². The molecule has 6 nitrogen and oxygen atoms in total. The van der Waals surface area contributed by atoms with Crippen molar-refractivity contribution in [3.05, 3.63) is 59.7 Å². The van der Waals surface area contributed by atoms with Gasteiger partial charge in [0.15, 0.2) is 11.5 Å². The van der Waals surface area contributed by atoms with Gasteiger partial charge in [-0.05, 0) is 30.2 Å². The van der Waals surface area contributed by atoms with Gasteiger partial charge in [-0.1, -0.05) is 30.3 Å². The topological polar surface area (TPSA) is 84.9 Å². The molecule has 0 radical (unpaired) electrons. The van der Waals surface area contributed by atoms with Gasteiger partial charge < -0.3 is 19.9 Å². The number of hydrogen-bond acceptors (Lipinski definition) is 4. The third-order valence-electron chi connectivity index (χ3n) is 3.83. The first-order valence-electron chi connectivity index (χ1n) is 8.08. The Bertz CT molecular complexity index is 783. The second kappa shape index (κ2) is 9.51. The number of amides is 1. The number of halogens is 2. The normalized spacial score (nSPS) is 11.7. The molecule has 0 saturated carbocycles. The fourth-order valence-corrected chi connectivity index (χ4v) is 2.47. The lowest BCUT2D eigenvalue weighted by Gasteiger charge is -2.15. The highest BCUT2D eigenvalue weighted by Gasteiger charge is 2.20. The Hall–Kier alpha value is -3.16. The monoisotopic (exact) mass is 379 g/mol. The second-order valence-corrected chi connectivity index (χ2v) is 5.68. The number of ether oxygens (including phenoxy) is 2. The van der Waals surface area contributed by atoms with Crippen molar-refractivity contribution in [1.82, 2.24) is 5.32 Å². The first kappa shape index (κ1) is 20.2. The van der Waals surface area contributed by atoms with E-state index in [2.05, 4.69) is 10.1 Å². The van der Waals surface area contributed by atoms with E-state index in [-0.39, 0.29) is 30.0 Å². The number of carboxylic acids is 1. The molecule has 2 aromatic rings. The molecule has 0 aliphatic heterocycles. The number of methoxy groups -OCH3 is 1. The van der Waals surface area contributed by atoms with E-state index in [4.69, 9.17) is 4.74 Å². The average Bonchev–Trinajstić information content (AvgIpc) is 2.65. The summed E-state index contributed by atoms with van der Waals surface area (Å²) < 4.78 is 34.2. The molecular formula is C19H19F2NO5. The number of aliphatic carboxylic acids is 1. The van der Waals surface area contributed by atoms with E-state index < -0.39 is 24.4 Å². The van der Waals surface area contributed by atoms with Crippen LogP contribution in [0.4, 0.5) is 8.78 Å². The molecule has 2 aromatic carbocycles. The number of alkyl halides is 2. The van der Waals surface area contributed by atoms with Crippen LogP contribution < -0.4 is 14.8 Å². The predicted octanol–water partition coefficient (Wildman–Crippen LogP) is 2.97. The molecule has 0 bridgehead atoms. The van der Waals surface area contributed by atoms with Crippen molar-refractivity contribution in [3.63, 3.8) is 0 Å². The van der Waals surface area contributed by atoms with Crippen molar-refractivity contribution in [2.75, 3.05) is 13.7 Å². The van der Waals surface area contributed by atoms with Gasteiger partial charge in [-0.2, -0.15) is 8.78 Å². The molecule has 0 spiro atoms. The lowest BCUT2D eigenvalue weighted by atomic mass is 9.99. The summed E-state index contributed by atoms with van der Waals surface area (Å²) in [6.07, 6.45) is 0.249. The smallest absolute Gasteiger partial charge is 0.387 e. The van der Waals surface area contributed by atoms with Crippen LogP contribution in [-0.4, -0.2) is 37.2 Å². The van der Waals surface area contributed by atoms with Gasteiger partial charge in [0, 0.05) is 12.1 Å². The number of hydrogen-bond donors (Lipinski definition) is 2. The standard InChI is InChI=1S/C19H19F2NO5/c1-26-15-8-7-13(10-16(15)27-19(20)21)17(23)22-11-14(18(24)25)9-12-5-3-2-4-6-12/h2-8,10,14,19H,9,11H2,1H3,(H,22,23)(H,24,25). The van der Waals surface area contributed by atoms with Gasteiger partial charge in [-0.15, -0.1) is 0 Å². The van der Waals surface area contributed by atoms with Gasteiger partial charge in [-0.25, -0.2) is 0 Å². The largest absolute Gasteiger partial charge is 0.493 e. The summed E-state index contributed by atoms with van der Waals surface area (Å²) in [6.45, 7) is -3.18. The summed E-state index contributed by atoms with van der Waals surface area (Å²) in [5.74, 6) is -2.70. The molecule has 0 fully saturated rings. The van der Waals surface area contributed by atoms with Gasteiger partial charge in [0.2, 0.25) is 0 Å². The van der Waals surface area contributed by atoms with Crippen LogP contribution in [0, 0.1) is 5.92 Å². The van der Waals surface area contributed by atoms with Crippen LogP contribution in [-0.2, 0) is 11.2 Å². The molecule has 0 heterocycles. The van der Waals surface area contributed by atoms with Crippen LogP contribution in [0.2, 0.25) is 0 Å². The van der Waals surface area contributed by atoms with E-state index >= 15 is 0 Å². The Morgan fingerprint density at radius 1 is 1.11 bits per heavy atom. The van der Waals surface area contributed by atoms with Gasteiger partial charge >= 0.3 is 12.6 Å². The molecule has 1 unspecified atom stereocenters. The van der Waals surface area contributed by atoms with Crippen molar-refractivity contribution in [3.8, 4) is 11.5 Å². The van der Waals surface area contributed by atoms with E-state index in [0.29, 0.717) is 0 Å². The highest BCUT2D eigenvalue weighted by atomic mass is 19.3. The molecular weight excluding hydrogens is 360 g/mol. The highest BCUT2D eigenvalue weighted by molar-refractivity contribution is 5.95. The predicted molar refractivity (Wildman–Crippen MR) is 93.2 cm³/mol. The zero-order valence-electron chi connectivity index (χ0n) is 14.5. The minimum Gasteiger partial charge on any atom is -0.493 e. The summed E-state index contributed by atoms with van der Waals surface area (Å²) in [7, 11) is 1.29. The van der Waals surface area contributed by atoms with Crippen molar-refractivity contribution < 1.29 is 33.0 Å². The van der Waals surface area contributed by atoms with Gasteiger partial charge in [0.05, 0.1) is 13.0 Å². The van der Waals surface area contributed by atoms with Crippen LogP contribution in [0.1, 0.15) is 15.9 Å². The molecule has 1 amide bonds. The second-order valence-electron chi connectivity index (χ2n) is 5.68. The first-order valence-corrected chi connectivity index (χ1v) is 8.08. The Morgan fingerprint density at radius 3 is 2.41 bits per heavy atom. The van der Waals surface area contributed by atoms with Crippen LogP contribution in [0.3, 0.4) is 0 Å². The lowest BCUT2D eigenvalue weighted by Crippen LogP contribution is -2.34. The Balaban J connectivity index is 2.05. The van der Waals surface area contributed by atoms with Crippen molar-refractivity contribution in [2.24, 2.45) is 5.92 Å². The van der Waals surface area contributed by atoms with E-state index in [9.17, 15) is 23.5 Å². The minimum atomic E-state index is -3.07. The van der Waals surface area contributed by atoms with Gasteiger partial charge in [0.1, 0.15) is 0 Å². The van der Waals surface area contributed by atoms with E-state index in [1.165, 1.54) is 19.2 Å². The Labute approximate surface area is 154 Å². The number of benzene rings is 2. The van der Waals surface area contributed by atoms with Crippen LogP contribution in [0.15, 0.2) is 48.5 Å². The quantitative estimate of drug-likeness (QED) is 0.700. The third-order valence-corrected chi connectivity index (χ3v) is 3.83. The van der Waals surface area contributed by atoms with Crippen molar-refractivity contribution in [2.45, 2.75) is 13.0 Å². The molecule has 0 saturated heterocycles. The van der Waals surface area contributed by atoms with Crippen LogP contribution in [0.25, 0.3) is 0 Å². The maximum absolute atomic E-state index is 12.5. The van der Waals surface area contributed by atoms with Crippen LogP contribution in [0.5, 0.6) is 11.5 Å². The minimum absolute atomic E-state index is 0.0512. The maximum atomic E-state index is 12.5. The molecule has 0 aromatic heterocycles. The third kappa shape index (κ3) is 5.95. The summed E-state index contributed by atoms with van der Waals surface area (Å²) in [6, 6.07) is 12.8. The molecule has 0 aliphatic rings. The molecule has 2 rings (SSSR count). The van der Waals surface area contributed by atoms with Crippen LogP contribution >= 0.6 is 0 Å². The highest BCUT2D eigenvalue weighted by Crippen LogP contribution is 2.29. The molecule has 144 valence electrons. The number of rotatable bonds is 9. The van der Waals surface area contributed by atoms with Crippen molar-refractivity contribution in [1.29, 1.82) is 0 Å². The van der Waals surface area contributed by atoms with Gasteiger partial charge in [-0.3, -0.25) is 9.59 Å². The summed E-state index contributed by atoms with van der Waals surface area (Å²) in [4.78, 5) is 23.7. The number of nitrogens with one attached hydrogen (secondary N) is 1. The average molecular weight is 379 g/mol. The number of carbonyl (C=O) groups is 2. The summed E-state index contributed by atoms with van der Waals surface area (Å²) in [5, 5.41) is 11.9. The SMILES string of the molecule is COc1ccc(C(=O)NCC(Cc2ccccc2)C(=O)O)cc1OC(F)F. The molecule has 27 heavy (non-hydrogen) atoms. The fourth-order valence-electron chi connectivity index (χ4n) is 2.47. The summed E-state index contributed by atoms with van der Waals surface area (Å²) in [5.41, 5.74) is 0.881. The zero-order chi connectivity index (χ0) is 19.8. The zero-order valence-corrected chi connectivity index (χ0v) is 14.5. The van der Waals surface area contributed by atoms with Crippen molar-refractivity contribution >= 4 is 11.9 Å². The Morgan fingerprint density at radius 2 is 1.81 bits per heavy atom. The Kier molecular flexibility index (Phi) is 7.10. The molecule has 0 aliphatic carbocycles. The first-order chi connectivity index (χ1) is 12.9. The lowest BCUT2D eigenvalue weighted by molar-refractivity contribution is -0.141. The maximum Gasteiger partial charge on any atom is 0.387 e. The summed E-state index contributed by atoms with van der Waals surface area (Å²) >= 11 is 0. The van der Waals surface area contributed by atoms with Gasteiger partial charge in [0.25, 0.3) is 5.91 Å². The molecule has 1 atom stereocenters. The number of carboxylic acid groups (broad SMARTS) is 1.